The summed E-state index contributed by atoms with van der Waals surface area (Å²) in [5.74, 6) is -0.207. The highest BCUT2D eigenvalue weighted by molar-refractivity contribution is 7.09. The Morgan fingerprint density at radius 3 is 2.76 bits per heavy atom. The normalized spacial score (nSPS) is 18.4. The molecule has 2 N–H and O–H groups in total. The minimum atomic E-state index is -4.46. The molecule has 2 aromatic rings. The number of nitrogens with two attached hydrogens (primary N) is 1. The van der Waals surface area contributed by atoms with Crippen molar-refractivity contribution in [3.8, 4) is 0 Å². The third-order valence-corrected chi connectivity index (χ3v) is 4.85. The van der Waals surface area contributed by atoms with Crippen molar-refractivity contribution < 1.29 is 18.1 Å². The van der Waals surface area contributed by atoms with E-state index in [2.05, 4.69) is 15.0 Å². The molecular formula is C13H13F3N6O2S. The van der Waals surface area contributed by atoms with E-state index >= 15 is 0 Å². The molecule has 0 amide bonds. The van der Waals surface area contributed by atoms with Crippen molar-refractivity contribution in [1.82, 2.24) is 15.0 Å². The van der Waals surface area contributed by atoms with E-state index < -0.39 is 16.8 Å². The van der Waals surface area contributed by atoms with Crippen LogP contribution in [0.15, 0.2) is 11.6 Å². The molecule has 1 aliphatic heterocycles. The molecule has 1 atom stereocenters. The van der Waals surface area contributed by atoms with Gasteiger partial charge in [0.2, 0.25) is 11.8 Å². The summed E-state index contributed by atoms with van der Waals surface area (Å²) in [5.41, 5.74) is 4.30. The number of nitrogen functional groups attached to an aromatic ring is 1. The number of piperidine rings is 1. The van der Waals surface area contributed by atoms with E-state index in [1.165, 1.54) is 0 Å². The Morgan fingerprint density at radius 2 is 2.16 bits per heavy atom. The minimum absolute atomic E-state index is 0.185. The summed E-state index contributed by atoms with van der Waals surface area (Å²) < 4.78 is 38.1. The van der Waals surface area contributed by atoms with Crippen LogP contribution >= 0.6 is 11.3 Å². The summed E-state index contributed by atoms with van der Waals surface area (Å²) in [4.78, 5) is 23.4. The van der Waals surface area contributed by atoms with Gasteiger partial charge in [0, 0.05) is 24.4 Å². The van der Waals surface area contributed by atoms with Crippen molar-refractivity contribution in [2.24, 2.45) is 0 Å². The lowest BCUT2D eigenvalue weighted by atomic mass is 9.99. The van der Waals surface area contributed by atoms with Crippen LogP contribution in [0.25, 0.3) is 0 Å². The van der Waals surface area contributed by atoms with E-state index in [0.29, 0.717) is 30.9 Å². The second-order valence-corrected chi connectivity index (χ2v) is 6.44. The molecule has 25 heavy (non-hydrogen) atoms. The Balaban J connectivity index is 1.78. The smallest absolute Gasteiger partial charge is 0.378 e. The summed E-state index contributed by atoms with van der Waals surface area (Å²) in [6.07, 6.45) is -2.01. The van der Waals surface area contributed by atoms with Gasteiger partial charge in [-0.25, -0.2) is 9.97 Å². The van der Waals surface area contributed by atoms with Crippen LogP contribution in [-0.4, -0.2) is 33.0 Å². The molecule has 2 aromatic heterocycles. The van der Waals surface area contributed by atoms with Gasteiger partial charge >= 0.3 is 11.9 Å². The largest absolute Gasteiger partial charge is 0.434 e. The number of halogens is 3. The summed E-state index contributed by atoms with van der Waals surface area (Å²) >= 11 is 0.977. The Bertz CT molecular complexity index is 796. The van der Waals surface area contributed by atoms with Gasteiger partial charge in [0.05, 0.1) is 9.93 Å². The lowest BCUT2D eigenvalue weighted by molar-refractivity contribution is -0.384. The number of nitro groups is 1. The lowest BCUT2D eigenvalue weighted by Crippen LogP contribution is -2.35. The summed E-state index contributed by atoms with van der Waals surface area (Å²) in [6.45, 7) is 0.966. The summed E-state index contributed by atoms with van der Waals surface area (Å²) in [7, 11) is 0. The molecule has 0 aliphatic carbocycles. The molecule has 0 spiro atoms. The molecule has 1 saturated heterocycles. The number of thiazole rings is 1. The quantitative estimate of drug-likeness (QED) is 0.649. The number of aromatic nitrogens is 3. The van der Waals surface area contributed by atoms with E-state index in [1.807, 2.05) is 0 Å². The second-order valence-electron chi connectivity index (χ2n) is 5.55. The maximum absolute atomic E-state index is 12.7. The topological polar surface area (TPSA) is 111 Å². The van der Waals surface area contributed by atoms with Crippen LogP contribution in [0.3, 0.4) is 0 Å². The van der Waals surface area contributed by atoms with Gasteiger partial charge in [-0.15, -0.1) is 11.3 Å². The average molecular weight is 374 g/mol. The van der Waals surface area contributed by atoms with Crippen LogP contribution in [0.4, 0.5) is 30.6 Å². The third-order valence-electron chi connectivity index (χ3n) is 3.85. The molecule has 3 rings (SSSR count). The van der Waals surface area contributed by atoms with Gasteiger partial charge in [-0.2, -0.15) is 18.2 Å². The van der Waals surface area contributed by atoms with Crippen molar-refractivity contribution >= 4 is 28.8 Å². The SMILES string of the molecule is Nc1nc(N2CCCC(c3nc(C(F)(F)F)cs3)C2)ncc1[N+](=O)[O-]. The number of anilines is 2. The molecule has 3 heterocycles. The first-order valence-electron chi connectivity index (χ1n) is 7.30. The van der Waals surface area contributed by atoms with Gasteiger partial charge in [0.25, 0.3) is 0 Å². The highest BCUT2D eigenvalue weighted by atomic mass is 32.1. The molecule has 12 heteroatoms. The van der Waals surface area contributed by atoms with Crippen molar-refractivity contribution in [2.75, 3.05) is 23.7 Å². The highest BCUT2D eigenvalue weighted by Gasteiger charge is 2.35. The van der Waals surface area contributed by atoms with Crippen LogP contribution in [0.1, 0.15) is 29.5 Å². The lowest BCUT2D eigenvalue weighted by Gasteiger charge is -2.31. The average Bonchev–Trinajstić information content (AvgIpc) is 3.05. The molecule has 8 nitrogen and oxygen atoms in total. The van der Waals surface area contributed by atoms with E-state index in [9.17, 15) is 23.3 Å². The Kier molecular flexibility index (Phi) is 4.45. The van der Waals surface area contributed by atoms with Crippen molar-refractivity contribution in [1.29, 1.82) is 0 Å². The minimum Gasteiger partial charge on any atom is -0.378 e. The Morgan fingerprint density at radius 1 is 1.40 bits per heavy atom. The monoisotopic (exact) mass is 374 g/mol. The van der Waals surface area contributed by atoms with E-state index in [1.54, 1.807) is 4.90 Å². The fourth-order valence-electron chi connectivity index (χ4n) is 2.64. The molecule has 0 radical (unpaired) electrons. The molecular weight excluding hydrogens is 361 g/mol. The Labute approximate surface area is 143 Å². The van der Waals surface area contributed by atoms with Crippen LogP contribution in [-0.2, 0) is 6.18 Å². The first-order valence-corrected chi connectivity index (χ1v) is 8.18. The van der Waals surface area contributed by atoms with Crippen LogP contribution in [0.5, 0.6) is 0 Å². The first kappa shape index (κ1) is 17.3. The maximum atomic E-state index is 12.7. The number of nitrogens with zero attached hydrogens (tertiary/aromatic N) is 5. The van der Waals surface area contributed by atoms with Gasteiger partial charge in [-0.05, 0) is 12.8 Å². The van der Waals surface area contributed by atoms with Crippen molar-refractivity contribution in [2.45, 2.75) is 24.9 Å². The van der Waals surface area contributed by atoms with Crippen molar-refractivity contribution in [3.63, 3.8) is 0 Å². The standard InChI is InChI=1S/C13H13F3N6O2S/c14-13(15,16)9-6-25-11(19-9)7-2-1-3-21(5-7)12-18-4-8(22(23)24)10(17)20-12/h4,6-7H,1-3,5H2,(H2,17,18,20). The molecule has 0 aromatic carbocycles. The predicted molar refractivity (Wildman–Crippen MR) is 84.4 cm³/mol. The molecule has 1 fully saturated rings. The fourth-order valence-corrected chi connectivity index (χ4v) is 3.59. The number of hydrogen-bond acceptors (Lipinski definition) is 8. The second kappa shape index (κ2) is 6.43. The van der Waals surface area contributed by atoms with Gasteiger partial charge < -0.3 is 10.6 Å². The van der Waals surface area contributed by atoms with Gasteiger partial charge in [-0.1, -0.05) is 0 Å². The number of alkyl halides is 3. The zero-order valence-corrected chi connectivity index (χ0v) is 13.5. The molecule has 134 valence electrons. The van der Waals surface area contributed by atoms with E-state index in [0.717, 1.165) is 22.9 Å². The van der Waals surface area contributed by atoms with Crippen LogP contribution < -0.4 is 10.6 Å². The zero-order chi connectivity index (χ0) is 18.2. The van der Waals surface area contributed by atoms with Crippen LogP contribution in [0.2, 0.25) is 0 Å². The number of hydrogen-bond donors (Lipinski definition) is 1. The van der Waals surface area contributed by atoms with Gasteiger partial charge in [-0.3, -0.25) is 10.1 Å². The fraction of sp³-hybridized carbons (Fsp3) is 0.462. The molecule has 0 bridgehead atoms. The molecule has 0 saturated carbocycles. The van der Waals surface area contributed by atoms with Gasteiger partial charge in [0.1, 0.15) is 6.20 Å². The summed E-state index contributed by atoms with van der Waals surface area (Å²) in [5, 5.41) is 12.2. The maximum Gasteiger partial charge on any atom is 0.434 e. The van der Waals surface area contributed by atoms with E-state index in [-0.39, 0.29) is 23.4 Å². The Hall–Kier alpha value is -2.50. The van der Waals surface area contributed by atoms with E-state index in [4.69, 9.17) is 5.73 Å². The highest BCUT2D eigenvalue weighted by Crippen LogP contribution is 2.35. The number of rotatable bonds is 3. The van der Waals surface area contributed by atoms with Crippen molar-refractivity contribution in [3.05, 3.63) is 32.4 Å². The van der Waals surface area contributed by atoms with Crippen LogP contribution in [0, 0.1) is 10.1 Å². The van der Waals surface area contributed by atoms with Gasteiger partial charge in [0.15, 0.2) is 5.69 Å². The third kappa shape index (κ3) is 3.62. The predicted octanol–water partition coefficient (Wildman–Crippen LogP) is 2.83. The molecule has 1 unspecified atom stereocenters. The first-order chi connectivity index (χ1) is 11.8. The zero-order valence-electron chi connectivity index (χ0n) is 12.7. The molecule has 1 aliphatic rings. The summed E-state index contributed by atoms with van der Waals surface area (Å²) in [6, 6.07) is 0.